The summed E-state index contributed by atoms with van der Waals surface area (Å²) in [5, 5.41) is 0. The van der Waals surface area contributed by atoms with Crippen LogP contribution in [0.1, 0.15) is 20.3 Å². The van der Waals surface area contributed by atoms with Crippen LogP contribution >= 0.6 is 0 Å². The van der Waals surface area contributed by atoms with Crippen molar-refractivity contribution in [2.75, 3.05) is 0 Å². The first-order valence-corrected chi connectivity index (χ1v) is 2.66. The fourth-order valence-corrected chi connectivity index (χ4v) is 0.637. The molecule has 8 heavy (non-hydrogen) atoms. The van der Waals surface area contributed by atoms with Gasteiger partial charge in [-0.3, -0.25) is 4.79 Å². The first-order valence-electron chi connectivity index (χ1n) is 2.66. The van der Waals surface area contributed by atoms with Gasteiger partial charge < -0.3 is 4.74 Å². The van der Waals surface area contributed by atoms with Gasteiger partial charge in [0.1, 0.15) is 5.60 Å². The molecule has 0 N–H and O–H groups in total. The Morgan fingerprint density at radius 3 is 2.50 bits per heavy atom. The highest BCUT2D eigenvalue weighted by atomic mass is 16.5. The van der Waals surface area contributed by atoms with Gasteiger partial charge in [0.15, 0.2) is 5.78 Å². The van der Waals surface area contributed by atoms with Crippen LogP contribution in [-0.4, -0.2) is 11.4 Å². The molecular formula is C6H9O2. The Hall–Kier alpha value is -0.370. The lowest BCUT2D eigenvalue weighted by Gasteiger charge is -2.12. The Kier molecular flexibility index (Phi) is 1.12. The zero-order valence-corrected chi connectivity index (χ0v) is 5.10. The molecule has 1 aliphatic rings. The van der Waals surface area contributed by atoms with Crippen LogP contribution in [0.2, 0.25) is 0 Å². The molecule has 45 valence electrons. The molecule has 0 saturated carbocycles. The summed E-state index contributed by atoms with van der Waals surface area (Å²) in [7, 11) is 0. The third-order valence-corrected chi connectivity index (χ3v) is 1.32. The number of carbonyl (C=O) groups is 1. The van der Waals surface area contributed by atoms with Crippen LogP contribution in [0, 0.1) is 6.61 Å². The Bertz CT molecular complexity index is 116. The van der Waals surface area contributed by atoms with E-state index in [0.717, 1.165) is 0 Å². The second-order valence-electron chi connectivity index (χ2n) is 2.42. The predicted octanol–water partition coefficient (Wildman–Crippen LogP) is 0.916. The largest absolute Gasteiger partial charge is 0.361 e. The third kappa shape index (κ3) is 0.757. The summed E-state index contributed by atoms with van der Waals surface area (Å²) in [5.41, 5.74) is -0.542. The predicted molar refractivity (Wildman–Crippen MR) is 29.1 cm³/mol. The second kappa shape index (κ2) is 1.55. The van der Waals surface area contributed by atoms with Gasteiger partial charge in [0.2, 0.25) is 0 Å². The van der Waals surface area contributed by atoms with Crippen LogP contribution in [0.25, 0.3) is 0 Å². The zero-order valence-electron chi connectivity index (χ0n) is 5.10. The lowest BCUT2D eigenvalue weighted by molar-refractivity contribution is -0.127. The van der Waals surface area contributed by atoms with Gasteiger partial charge in [-0.15, -0.1) is 0 Å². The van der Waals surface area contributed by atoms with Gasteiger partial charge in [0.05, 0.1) is 6.61 Å². The highest BCUT2D eigenvalue weighted by Crippen LogP contribution is 2.22. The molecule has 1 rings (SSSR count). The molecule has 1 saturated heterocycles. The van der Waals surface area contributed by atoms with Crippen molar-refractivity contribution in [2.45, 2.75) is 25.9 Å². The number of ether oxygens (including phenoxy) is 1. The molecular weight excluding hydrogens is 104 g/mol. The molecule has 0 unspecified atom stereocenters. The molecule has 0 bridgehead atoms. The fraction of sp³-hybridized carbons (Fsp3) is 0.667. The van der Waals surface area contributed by atoms with E-state index in [9.17, 15) is 4.79 Å². The maximum Gasteiger partial charge on any atom is 0.166 e. The average molecular weight is 113 g/mol. The SMILES string of the molecule is CC1(C)O[CH]CC1=O. The van der Waals surface area contributed by atoms with E-state index in [-0.39, 0.29) is 5.78 Å². The summed E-state index contributed by atoms with van der Waals surface area (Å²) in [4.78, 5) is 10.7. The van der Waals surface area contributed by atoms with Crippen molar-refractivity contribution in [3.05, 3.63) is 6.61 Å². The van der Waals surface area contributed by atoms with Crippen LogP contribution in [0.15, 0.2) is 0 Å². The minimum atomic E-state index is -0.542. The van der Waals surface area contributed by atoms with Crippen LogP contribution in [-0.2, 0) is 9.53 Å². The van der Waals surface area contributed by atoms with Gasteiger partial charge in [-0.1, -0.05) is 0 Å². The summed E-state index contributed by atoms with van der Waals surface area (Å²) in [5.74, 6) is 0.164. The number of hydrogen-bond donors (Lipinski definition) is 0. The lowest BCUT2D eigenvalue weighted by Crippen LogP contribution is -2.26. The van der Waals surface area contributed by atoms with Crippen molar-refractivity contribution in [1.29, 1.82) is 0 Å². The standard InChI is InChI=1S/C6H9O2/c1-6(2)5(7)3-4-8-6/h4H,3H2,1-2H3. The lowest BCUT2D eigenvalue weighted by atomic mass is 10.1. The van der Waals surface area contributed by atoms with E-state index in [1.807, 2.05) is 0 Å². The molecule has 2 nitrogen and oxygen atoms in total. The van der Waals surface area contributed by atoms with Gasteiger partial charge in [0, 0.05) is 6.42 Å². The van der Waals surface area contributed by atoms with E-state index in [1.165, 1.54) is 0 Å². The number of ketones is 1. The van der Waals surface area contributed by atoms with Crippen molar-refractivity contribution in [2.24, 2.45) is 0 Å². The molecule has 0 atom stereocenters. The van der Waals surface area contributed by atoms with Crippen molar-refractivity contribution in [3.63, 3.8) is 0 Å². The van der Waals surface area contributed by atoms with Crippen LogP contribution < -0.4 is 0 Å². The molecule has 2 heteroatoms. The highest BCUT2D eigenvalue weighted by molar-refractivity contribution is 5.88. The Morgan fingerprint density at radius 2 is 2.38 bits per heavy atom. The quantitative estimate of drug-likeness (QED) is 0.467. The first-order chi connectivity index (χ1) is 3.63. The Balaban J connectivity index is 2.68. The molecule has 0 spiro atoms. The Labute approximate surface area is 48.8 Å². The topological polar surface area (TPSA) is 26.3 Å². The molecule has 0 amide bonds. The normalized spacial score (nSPS) is 26.5. The van der Waals surface area contributed by atoms with Crippen molar-refractivity contribution < 1.29 is 9.53 Å². The minimum Gasteiger partial charge on any atom is -0.361 e. The number of Topliss-reactive ketones (excluding diaryl/α,β-unsaturated/α-hetero) is 1. The van der Waals surface area contributed by atoms with Gasteiger partial charge in [-0.05, 0) is 13.8 Å². The van der Waals surface area contributed by atoms with Crippen LogP contribution in [0.5, 0.6) is 0 Å². The highest BCUT2D eigenvalue weighted by Gasteiger charge is 2.33. The molecule has 0 aliphatic carbocycles. The molecule has 1 radical (unpaired) electrons. The fourth-order valence-electron chi connectivity index (χ4n) is 0.637. The summed E-state index contributed by atoms with van der Waals surface area (Å²) < 4.78 is 4.98. The van der Waals surface area contributed by atoms with E-state index in [4.69, 9.17) is 4.74 Å². The summed E-state index contributed by atoms with van der Waals surface area (Å²) in [6, 6.07) is 0. The maximum atomic E-state index is 10.7. The van der Waals surface area contributed by atoms with Crippen molar-refractivity contribution in [3.8, 4) is 0 Å². The zero-order chi connectivity index (χ0) is 6.20. The van der Waals surface area contributed by atoms with Gasteiger partial charge in [0.25, 0.3) is 0 Å². The number of hydrogen-bond acceptors (Lipinski definition) is 2. The number of rotatable bonds is 0. The third-order valence-electron chi connectivity index (χ3n) is 1.32. The molecule has 1 heterocycles. The first kappa shape index (κ1) is 5.76. The van der Waals surface area contributed by atoms with Gasteiger partial charge in [-0.2, -0.15) is 0 Å². The molecule has 1 aliphatic heterocycles. The monoisotopic (exact) mass is 113 g/mol. The van der Waals surface area contributed by atoms with Crippen molar-refractivity contribution >= 4 is 5.78 Å². The molecule has 0 aromatic carbocycles. The van der Waals surface area contributed by atoms with Crippen LogP contribution in [0.3, 0.4) is 0 Å². The summed E-state index contributed by atoms with van der Waals surface area (Å²) in [6.07, 6.45) is 0.465. The van der Waals surface area contributed by atoms with E-state index < -0.39 is 5.60 Å². The average Bonchev–Trinajstić information content (AvgIpc) is 1.86. The van der Waals surface area contributed by atoms with Gasteiger partial charge in [-0.25, -0.2) is 0 Å². The number of carbonyl (C=O) groups excluding carboxylic acids is 1. The maximum absolute atomic E-state index is 10.7. The van der Waals surface area contributed by atoms with Crippen LogP contribution in [0.4, 0.5) is 0 Å². The Morgan fingerprint density at radius 1 is 1.75 bits per heavy atom. The smallest absolute Gasteiger partial charge is 0.166 e. The summed E-state index contributed by atoms with van der Waals surface area (Å²) >= 11 is 0. The van der Waals surface area contributed by atoms with E-state index in [1.54, 1.807) is 20.5 Å². The van der Waals surface area contributed by atoms with E-state index in [0.29, 0.717) is 6.42 Å². The second-order valence-corrected chi connectivity index (χ2v) is 2.42. The van der Waals surface area contributed by atoms with Crippen molar-refractivity contribution in [1.82, 2.24) is 0 Å². The molecule has 0 aromatic heterocycles. The summed E-state index contributed by atoms with van der Waals surface area (Å²) in [6.45, 7) is 5.11. The molecule has 0 aromatic rings. The van der Waals surface area contributed by atoms with E-state index in [2.05, 4.69) is 0 Å². The molecule has 1 fully saturated rings. The minimum absolute atomic E-state index is 0.164. The van der Waals surface area contributed by atoms with E-state index >= 15 is 0 Å². The van der Waals surface area contributed by atoms with Gasteiger partial charge >= 0.3 is 0 Å².